The van der Waals surface area contributed by atoms with Gasteiger partial charge in [-0.1, -0.05) is 13.8 Å². The van der Waals surface area contributed by atoms with Gasteiger partial charge in [-0.2, -0.15) is 5.10 Å². The molecule has 1 aliphatic heterocycles. The molecule has 3 rings (SSSR count). The molecule has 1 amide bonds. The molecule has 0 aliphatic carbocycles. The lowest BCUT2D eigenvalue weighted by Gasteiger charge is -2.28. The van der Waals surface area contributed by atoms with Crippen molar-refractivity contribution in [3.8, 4) is 0 Å². The number of carboxylic acids is 1. The fraction of sp³-hybridized carbons (Fsp3) is 0.625. The average Bonchev–Trinajstić information content (AvgIpc) is 3.22. The molecule has 140 valence electrons. The third-order valence-electron chi connectivity index (χ3n) is 4.40. The van der Waals surface area contributed by atoms with Crippen LogP contribution in [0.15, 0.2) is 6.33 Å². The third kappa shape index (κ3) is 3.89. The summed E-state index contributed by atoms with van der Waals surface area (Å²) in [6.45, 7) is 6.27. The molecule has 10 heteroatoms. The topological polar surface area (TPSA) is 119 Å². The predicted octanol–water partition coefficient (Wildman–Crippen LogP) is 0.589. The van der Waals surface area contributed by atoms with Gasteiger partial charge in [0.2, 0.25) is 5.91 Å². The monoisotopic (exact) mass is 361 g/mol. The number of carboxylic acid groups (broad SMARTS) is 1. The van der Waals surface area contributed by atoms with E-state index >= 15 is 0 Å². The molecule has 0 fully saturated rings. The van der Waals surface area contributed by atoms with Crippen molar-refractivity contribution in [3.05, 3.63) is 23.3 Å². The average molecular weight is 361 g/mol. The first kappa shape index (κ1) is 18.0. The summed E-state index contributed by atoms with van der Waals surface area (Å²) in [5, 5.41) is 24.6. The van der Waals surface area contributed by atoms with Crippen LogP contribution in [-0.2, 0) is 30.8 Å². The van der Waals surface area contributed by atoms with Crippen LogP contribution < -0.4 is 0 Å². The first-order valence-electron chi connectivity index (χ1n) is 8.76. The molecule has 3 heterocycles. The summed E-state index contributed by atoms with van der Waals surface area (Å²) in [6.07, 6.45) is 3.14. The maximum Gasteiger partial charge on any atom is 0.356 e. The summed E-state index contributed by atoms with van der Waals surface area (Å²) in [5.41, 5.74) is 1.67. The van der Waals surface area contributed by atoms with Gasteiger partial charge in [-0.05, 0) is 22.8 Å². The highest BCUT2D eigenvalue weighted by Gasteiger charge is 2.29. The maximum atomic E-state index is 12.5. The molecule has 1 N–H and O–H groups in total. The number of rotatable bonds is 7. The van der Waals surface area contributed by atoms with Crippen LogP contribution in [-0.4, -0.2) is 58.4 Å². The Morgan fingerprint density at radius 3 is 2.81 bits per heavy atom. The molecule has 0 spiro atoms. The van der Waals surface area contributed by atoms with E-state index in [-0.39, 0.29) is 11.6 Å². The predicted molar refractivity (Wildman–Crippen MR) is 90.2 cm³/mol. The zero-order valence-corrected chi connectivity index (χ0v) is 15.0. The normalized spacial score (nSPS) is 13.9. The number of aromatic carboxylic acids is 1. The third-order valence-corrected chi connectivity index (χ3v) is 4.40. The van der Waals surface area contributed by atoms with E-state index in [1.807, 2.05) is 0 Å². The largest absolute Gasteiger partial charge is 0.476 e. The number of carbonyl (C=O) groups excluding carboxylic acids is 1. The zero-order chi connectivity index (χ0) is 18.7. The SMILES string of the molecule is CC(C)Cn1nc(C(=O)O)c2c1CCN(C(=O)CCCn1cnnn1)C2. The van der Waals surface area contributed by atoms with Crippen LogP contribution in [0.25, 0.3) is 0 Å². The molecule has 0 saturated heterocycles. The van der Waals surface area contributed by atoms with Crippen LogP contribution in [0.5, 0.6) is 0 Å². The Morgan fingerprint density at radius 2 is 2.15 bits per heavy atom. The Bertz CT molecular complexity index is 782. The standard InChI is InChI=1S/C16H23N7O3/c1-11(2)8-23-13-5-7-21(9-12(13)15(18-23)16(25)26)14(24)4-3-6-22-10-17-19-20-22/h10-11H,3-9H2,1-2H3,(H,25,26). The lowest BCUT2D eigenvalue weighted by atomic mass is 10.0. The van der Waals surface area contributed by atoms with Gasteiger partial charge >= 0.3 is 5.97 Å². The highest BCUT2D eigenvalue weighted by molar-refractivity contribution is 5.88. The summed E-state index contributed by atoms with van der Waals surface area (Å²) in [4.78, 5) is 25.8. The number of nitrogens with zero attached hydrogens (tertiary/aromatic N) is 7. The second-order valence-electron chi connectivity index (χ2n) is 6.90. The molecule has 0 unspecified atom stereocenters. The number of carbonyl (C=O) groups is 2. The Hall–Kier alpha value is -2.78. The minimum Gasteiger partial charge on any atom is -0.476 e. The van der Waals surface area contributed by atoms with Crippen molar-refractivity contribution in [2.75, 3.05) is 6.54 Å². The molecule has 10 nitrogen and oxygen atoms in total. The first-order valence-corrected chi connectivity index (χ1v) is 8.76. The van der Waals surface area contributed by atoms with Crippen LogP contribution in [0.3, 0.4) is 0 Å². The van der Waals surface area contributed by atoms with Crippen molar-refractivity contribution in [1.29, 1.82) is 0 Å². The summed E-state index contributed by atoms with van der Waals surface area (Å²) < 4.78 is 3.38. The second kappa shape index (κ2) is 7.63. The van der Waals surface area contributed by atoms with Gasteiger partial charge in [0.05, 0.1) is 0 Å². The fourth-order valence-electron chi connectivity index (χ4n) is 3.21. The zero-order valence-electron chi connectivity index (χ0n) is 15.0. The summed E-state index contributed by atoms with van der Waals surface area (Å²) in [7, 11) is 0. The number of amides is 1. The van der Waals surface area contributed by atoms with E-state index in [9.17, 15) is 14.7 Å². The molecule has 0 atom stereocenters. The van der Waals surface area contributed by atoms with Crippen molar-refractivity contribution in [2.45, 2.75) is 52.7 Å². The number of fused-ring (bicyclic) bond motifs is 1. The van der Waals surface area contributed by atoms with E-state index in [2.05, 4.69) is 34.5 Å². The molecule has 0 bridgehead atoms. The van der Waals surface area contributed by atoms with Gasteiger partial charge < -0.3 is 10.0 Å². The van der Waals surface area contributed by atoms with Gasteiger partial charge in [0.25, 0.3) is 0 Å². The van der Waals surface area contributed by atoms with E-state index in [0.717, 1.165) is 5.69 Å². The first-order chi connectivity index (χ1) is 12.5. The minimum atomic E-state index is -1.04. The molecular formula is C16H23N7O3. The Balaban J connectivity index is 1.66. The summed E-state index contributed by atoms with van der Waals surface area (Å²) in [6, 6.07) is 0. The van der Waals surface area contributed by atoms with E-state index in [4.69, 9.17) is 0 Å². The van der Waals surface area contributed by atoms with Crippen molar-refractivity contribution in [1.82, 2.24) is 34.9 Å². The van der Waals surface area contributed by atoms with Crippen LogP contribution in [0.2, 0.25) is 0 Å². The van der Waals surface area contributed by atoms with E-state index in [1.165, 1.54) is 6.33 Å². The quantitative estimate of drug-likeness (QED) is 0.766. The molecule has 2 aromatic rings. The Labute approximate surface area is 150 Å². The van der Waals surface area contributed by atoms with Gasteiger partial charge in [0.1, 0.15) is 6.33 Å². The smallest absolute Gasteiger partial charge is 0.356 e. The number of tetrazole rings is 1. The summed E-state index contributed by atoms with van der Waals surface area (Å²) >= 11 is 0. The Kier molecular flexibility index (Phi) is 5.29. The van der Waals surface area contributed by atoms with Crippen molar-refractivity contribution < 1.29 is 14.7 Å². The number of hydrogen-bond donors (Lipinski definition) is 1. The molecule has 0 aromatic carbocycles. The fourth-order valence-corrected chi connectivity index (χ4v) is 3.21. The molecular weight excluding hydrogens is 338 g/mol. The lowest BCUT2D eigenvalue weighted by Crippen LogP contribution is -2.36. The van der Waals surface area contributed by atoms with E-state index in [0.29, 0.717) is 56.9 Å². The van der Waals surface area contributed by atoms with Gasteiger partial charge in [-0.25, -0.2) is 9.48 Å². The highest BCUT2D eigenvalue weighted by Crippen LogP contribution is 2.24. The van der Waals surface area contributed by atoms with Crippen molar-refractivity contribution in [2.24, 2.45) is 5.92 Å². The second-order valence-corrected chi connectivity index (χ2v) is 6.90. The van der Waals surface area contributed by atoms with Crippen LogP contribution >= 0.6 is 0 Å². The highest BCUT2D eigenvalue weighted by atomic mass is 16.4. The molecule has 2 aromatic heterocycles. The van der Waals surface area contributed by atoms with Gasteiger partial charge in [0, 0.05) is 50.3 Å². The Morgan fingerprint density at radius 1 is 1.35 bits per heavy atom. The van der Waals surface area contributed by atoms with E-state index in [1.54, 1.807) is 14.3 Å². The van der Waals surface area contributed by atoms with Gasteiger partial charge in [-0.3, -0.25) is 9.48 Å². The number of aryl methyl sites for hydroxylation is 1. The number of aromatic nitrogens is 6. The number of hydrogen-bond acceptors (Lipinski definition) is 6. The van der Waals surface area contributed by atoms with Crippen molar-refractivity contribution >= 4 is 11.9 Å². The minimum absolute atomic E-state index is 0.0108. The maximum absolute atomic E-state index is 12.5. The molecule has 26 heavy (non-hydrogen) atoms. The summed E-state index contributed by atoms with van der Waals surface area (Å²) in [5.74, 6) is -0.667. The van der Waals surface area contributed by atoms with E-state index < -0.39 is 5.97 Å². The molecule has 0 radical (unpaired) electrons. The molecule has 0 saturated carbocycles. The lowest BCUT2D eigenvalue weighted by molar-refractivity contribution is -0.132. The van der Waals surface area contributed by atoms with Crippen LogP contribution in [0.1, 0.15) is 48.4 Å². The van der Waals surface area contributed by atoms with Crippen LogP contribution in [0, 0.1) is 5.92 Å². The van der Waals surface area contributed by atoms with Crippen molar-refractivity contribution in [3.63, 3.8) is 0 Å². The van der Waals surface area contributed by atoms with Crippen LogP contribution in [0.4, 0.5) is 0 Å². The molecule has 1 aliphatic rings. The van der Waals surface area contributed by atoms with Gasteiger partial charge in [-0.15, -0.1) is 5.10 Å². The van der Waals surface area contributed by atoms with Gasteiger partial charge in [0.15, 0.2) is 5.69 Å².